The Balaban J connectivity index is 3.07. The van der Waals surface area contributed by atoms with Crippen molar-refractivity contribution in [2.24, 2.45) is 0 Å². The summed E-state index contributed by atoms with van der Waals surface area (Å²) in [7, 11) is -3.84. The van der Waals surface area contributed by atoms with Gasteiger partial charge in [0.05, 0.1) is 4.90 Å². The smallest absolute Gasteiger partial charge is 0.327 e. The molecule has 1 N–H and O–H groups in total. The third-order valence-corrected chi connectivity index (χ3v) is 5.03. The molecule has 0 radical (unpaired) electrons. The van der Waals surface area contributed by atoms with Gasteiger partial charge in [-0.25, -0.2) is 8.42 Å². The zero-order valence-corrected chi connectivity index (χ0v) is 16.1. The lowest BCUT2D eigenvalue weighted by atomic mass is 10.1. The van der Waals surface area contributed by atoms with Crippen molar-refractivity contribution in [2.45, 2.75) is 57.6 Å². The predicted molar refractivity (Wildman–Crippen MR) is 89.1 cm³/mol. The second-order valence-electron chi connectivity index (χ2n) is 6.64. The molecule has 0 aliphatic rings. The van der Waals surface area contributed by atoms with Gasteiger partial charge >= 0.3 is 5.97 Å². The van der Waals surface area contributed by atoms with Crippen LogP contribution in [0.25, 0.3) is 0 Å². The molecule has 22 heavy (non-hydrogen) atoms. The number of hydrogen-bond acceptors (Lipinski definition) is 4. The van der Waals surface area contributed by atoms with Crippen molar-refractivity contribution in [3.05, 3.63) is 28.2 Å². The van der Waals surface area contributed by atoms with Gasteiger partial charge in [0.25, 0.3) is 0 Å². The maximum absolute atomic E-state index is 12.5. The van der Waals surface area contributed by atoms with E-state index < -0.39 is 27.1 Å². The molecule has 0 aliphatic carbocycles. The van der Waals surface area contributed by atoms with E-state index in [2.05, 4.69) is 20.7 Å². The minimum absolute atomic E-state index is 0.132. The van der Waals surface area contributed by atoms with E-state index in [0.29, 0.717) is 5.56 Å². The fourth-order valence-electron chi connectivity index (χ4n) is 1.75. The molecule has 1 aromatic rings. The molecule has 0 aliphatic heterocycles. The van der Waals surface area contributed by atoms with E-state index in [4.69, 9.17) is 4.74 Å². The number of carbonyl (C=O) groups is 1. The fourth-order valence-corrected chi connectivity index (χ4v) is 3.82. The lowest BCUT2D eigenvalue weighted by Crippen LogP contribution is -2.52. The predicted octanol–water partition coefficient (Wildman–Crippen LogP) is 3.16. The minimum atomic E-state index is -3.84. The molecule has 0 fully saturated rings. The first-order valence-electron chi connectivity index (χ1n) is 6.78. The molecule has 124 valence electrons. The normalized spacial score (nSPS) is 13.0. The summed E-state index contributed by atoms with van der Waals surface area (Å²) in [6.07, 6.45) is 0. The van der Waals surface area contributed by atoms with Crippen LogP contribution in [0.1, 0.15) is 40.2 Å². The Labute approximate surface area is 140 Å². The number of hydrogen-bond donors (Lipinski definition) is 1. The maximum Gasteiger partial charge on any atom is 0.327 e. The number of nitrogens with one attached hydrogen (secondary N) is 1. The number of esters is 1. The summed E-state index contributed by atoms with van der Waals surface area (Å²) in [6, 6.07) is 4.84. The van der Waals surface area contributed by atoms with Gasteiger partial charge in [-0.05, 0) is 65.3 Å². The zero-order chi connectivity index (χ0) is 17.3. The van der Waals surface area contributed by atoms with Crippen LogP contribution < -0.4 is 4.72 Å². The Morgan fingerprint density at radius 2 is 1.73 bits per heavy atom. The van der Waals surface area contributed by atoms with Crippen molar-refractivity contribution in [1.82, 2.24) is 4.72 Å². The average Bonchev–Trinajstić information content (AvgIpc) is 2.23. The standard InChI is InChI=1S/C15H22BrNO4S/c1-10-9-11(16)7-8-12(10)22(19,20)17-15(5,6)13(18)21-14(2,3)4/h7-9,17H,1-6H3. The second-order valence-corrected chi connectivity index (χ2v) is 9.21. The molecular formula is C15H22BrNO4S. The molecule has 0 unspecified atom stereocenters. The average molecular weight is 392 g/mol. The Kier molecular flexibility index (Phi) is 5.47. The van der Waals surface area contributed by atoms with Crippen LogP contribution in [0.5, 0.6) is 0 Å². The van der Waals surface area contributed by atoms with Gasteiger partial charge in [-0.2, -0.15) is 4.72 Å². The van der Waals surface area contributed by atoms with Gasteiger partial charge in [0.1, 0.15) is 11.1 Å². The molecular weight excluding hydrogens is 370 g/mol. The van der Waals surface area contributed by atoms with Crippen LogP contribution in [0.4, 0.5) is 0 Å². The van der Waals surface area contributed by atoms with Gasteiger partial charge in [0.15, 0.2) is 0 Å². The first-order valence-corrected chi connectivity index (χ1v) is 9.06. The Bertz CT molecular complexity index is 675. The summed E-state index contributed by atoms with van der Waals surface area (Å²) in [4.78, 5) is 12.3. The van der Waals surface area contributed by atoms with Gasteiger partial charge in [-0.1, -0.05) is 15.9 Å². The molecule has 0 saturated heterocycles. The third-order valence-electron chi connectivity index (χ3n) is 2.73. The summed E-state index contributed by atoms with van der Waals surface area (Å²) >= 11 is 3.29. The molecule has 7 heteroatoms. The summed E-state index contributed by atoms with van der Waals surface area (Å²) in [6.45, 7) is 9.84. The molecule has 0 heterocycles. The number of halogens is 1. The van der Waals surface area contributed by atoms with Crippen LogP contribution >= 0.6 is 15.9 Å². The van der Waals surface area contributed by atoms with Crippen LogP contribution in [0, 0.1) is 6.92 Å². The van der Waals surface area contributed by atoms with E-state index in [1.54, 1.807) is 39.8 Å². The number of sulfonamides is 1. The SMILES string of the molecule is Cc1cc(Br)ccc1S(=O)(=O)NC(C)(C)C(=O)OC(C)(C)C. The third kappa shape index (κ3) is 5.07. The van der Waals surface area contributed by atoms with Crippen LogP contribution in [0.3, 0.4) is 0 Å². The molecule has 0 aromatic heterocycles. The van der Waals surface area contributed by atoms with E-state index in [1.807, 2.05) is 0 Å². The Hall–Kier alpha value is -0.920. The first-order chi connectivity index (χ1) is 9.74. The molecule has 1 rings (SSSR count). The molecule has 0 atom stereocenters. The number of aryl methyl sites for hydroxylation is 1. The fraction of sp³-hybridized carbons (Fsp3) is 0.533. The maximum atomic E-state index is 12.5. The van der Waals surface area contributed by atoms with Gasteiger partial charge in [-0.15, -0.1) is 0 Å². The Morgan fingerprint density at radius 1 is 1.18 bits per heavy atom. The molecule has 0 bridgehead atoms. The molecule has 5 nitrogen and oxygen atoms in total. The number of ether oxygens (including phenoxy) is 1. The summed E-state index contributed by atoms with van der Waals surface area (Å²) in [5.74, 6) is -0.627. The van der Waals surface area contributed by atoms with Gasteiger partial charge in [0.2, 0.25) is 10.0 Å². The van der Waals surface area contributed by atoms with Crippen LogP contribution in [0.15, 0.2) is 27.6 Å². The van der Waals surface area contributed by atoms with E-state index in [0.717, 1.165) is 4.47 Å². The van der Waals surface area contributed by atoms with Crippen LogP contribution in [-0.2, 0) is 19.6 Å². The number of benzene rings is 1. The van der Waals surface area contributed by atoms with Crippen molar-refractivity contribution in [3.8, 4) is 0 Å². The van der Waals surface area contributed by atoms with E-state index >= 15 is 0 Å². The summed E-state index contributed by atoms with van der Waals surface area (Å²) in [5.41, 5.74) is -1.47. The van der Waals surface area contributed by atoms with Gasteiger partial charge in [-0.3, -0.25) is 4.79 Å². The lowest BCUT2D eigenvalue weighted by molar-refractivity contribution is -0.160. The second kappa shape index (κ2) is 6.29. The van der Waals surface area contributed by atoms with Crippen molar-refractivity contribution >= 4 is 31.9 Å². The quantitative estimate of drug-likeness (QED) is 0.799. The first kappa shape index (κ1) is 19.1. The highest BCUT2D eigenvalue weighted by Crippen LogP contribution is 2.22. The molecule has 1 aromatic carbocycles. The topological polar surface area (TPSA) is 72.5 Å². The highest BCUT2D eigenvalue weighted by Gasteiger charge is 2.37. The van der Waals surface area contributed by atoms with E-state index in [1.165, 1.54) is 19.9 Å². The van der Waals surface area contributed by atoms with E-state index in [9.17, 15) is 13.2 Å². The number of carbonyl (C=O) groups excluding carboxylic acids is 1. The molecule has 0 spiro atoms. The van der Waals surface area contributed by atoms with Crippen molar-refractivity contribution < 1.29 is 17.9 Å². The van der Waals surface area contributed by atoms with Crippen molar-refractivity contribution in [2.75, 3.05) is 0 Å². The highest BCUT2D eigenvalue weighted by molar-refractivity contribution is 9.10. The molecule has 0 saturated carbocycles. The number of rotatable bonds is 4. The minimum Gasteiger partial charge on any atom is -0.459 e. The van der Waals surface area contributed by atoms with Crippen molar-refractivity contribution in [3.63, 3.8) is 0 Å². The van der Waals surface area contributed by atoms with Gasteiger partial charge in [0, 0.05) is 4.47 Å². The highest BCUT2D eigenvalue weighted by atomic mass is 79.9. The lowest BCUT2D eigenvalue weighted by Gasteiger charge is -2.29. The summed E-state index contributed by atoms with van der Waals surface area (Å²) < 4.78 is 33.5. The van der Waals surface area contributed by atoms with Crippen LogP contribution in [-0.4, -0.2) is 25.5 Å². The Morgan fingerprint density at radius 3 is 2.18 bits per heavy atom. The van der Waals surface area contributed by atoms with Crippen LogP contribution in [0.2, 0.25) is 0 Å². The largest absolute Gasteiger partial charge is 0.459 e. The monoisotopic (exact) mass is 391 g/mol. The molecule has 0 amide bonds. The zero-order valence-electron chi connectivity index (χ0n) is 13.7. The van der Waals surface area contributed by atoms with E-state index in [-0.39, 0.29) is 4.90 Å². The van der Waals surface area contributed by atoms with Crippen molar-refractivity contribution in [1.29, 1.82) is 0 Å². The summed E-state index contributed by atoms with van der Waals surface area (Å²) in [5, 5.41) is 0. The van der Waals surface area contributed by atoms with Gasteiger partial charge < -0.3 is 4.74 Å².